The molecule has 0 aromatic carbocycles. The minimum atomic E-state index is -0.419. The number of pyridine rings is 1. The lowest BCUT2D eigenvalue weighted by molar-refractivity contribution is -0.384. The molecule has 1 atom stereocenters. The van der Waals surface area contributed by atoms with Crippen molar-refractivity contribution in [3.63, 3.8) is 0 Å². The maximum atomic E-state index is 10.9. The van der Waals surface area contributed by atoms with Crippen LogP contribution >= 0.6 is 0 Å². The zero-order valence-electron chi connectivity index (χ0n) is 13.0. The van der Waals surface area contributed by atoms with E-state index in [9.17, 15) is 10.1 Å². The van der Waals surface area contributed by atoms with Gasteiger partial charge in [-0.25, -0.2) is 4.98 Å². The van der Waals surface area contributed by atoms with Crippen molar-refractivity contribution in [3.8, 4) is 0 Å². The first kappa shape index (κ1) is 15.5. The Balaban J connectivity index is 2.17. The van der Waals surface area contributed by atoms with Gasteiger partial charge in [0.15, 0.2) is 0 Å². The fourth-order valence-electron chi connectivity index (χ4n) is 2.98. The molecule has 0 saturated carbocycles. The van der Waals surface area contributed by atoms with Crippen molar-refractivity contribution in [2.24, 2.45) is 11.3 Å². The summed E-state index contributed by atoms with van der Waals surface area (Å²) < 4.78 is 0. The van der Waals surface area contributed by atoms with Crippen LogP contribution in [0.5, 0.6) is 0 Å². The van der Waals surface area contributed by atoms with E-state index in [1.807, 2.05) is 0 Å². The molecule has 0 spiro atoms. The van der Waals surface area contributed by atoms with Gasteiger partial charge >= 0.3 is 0 Å². The van der Waals surface area contributed by atoms with Crippen LogP contribution in [-0.4, -0.2) is 23.0 Å². The summed E-state index contributed by atoms with van der Waals surface area (Å²) in [5, 5.41) is 10.9. The Morgan fingerprint density at radius 2 is 2.05 bits per heavy atom. The highest BCUT2D eigenvalue weighted by Gasteiger charge is 2.27. The minimum absolute atomic E-state index is 0.00844. The molecular weight excluding hydrogens is 268 g/mol. The average Bonchev–Trinajstić information content (AvgIpc) is 2.63. The van der Waals surface area contributed by atoms with Gasteiger partial charge in [0.1, 0.15) is 11.6 Å². The van der Waals surface area contributed by atoms with Gasteiger partial charge in [0, 0.05) is 13.1 Å². The molecule has 0 radical (unpaired) electrons. The van der Waals surface area contributed by atoms with Crippen molar-refractivity contribution >= 4 is 17.3 Å². The number of aromatic nitrogens is 1. The molecule has 0 amide bonds. The highest BCUT2D eigenvalue weighted by Crippen LogP contribution is 2.35. The van der Waals surface area contributed by atoms with Crippen LogP contribution in [-0.2, 0) is 0 Å². The Morgan fingerprint density at radius 1 is 1.33 bits per heavy atom. The Morgan fingerprint density at radius 3 is 2.67 bits per heavy atom. The van der Waals surface area contributed by atoms with Crippen molar-refractivity contribution in [3.05, 3.63) is 22.2 Å². The molecule has 6 nitrogen and oxygen atoms in total. The van der Waals surface area contributed by atoms with E-state index in [0.717, 1.165) is 25.9 Å². The third-order valence-electron chi connectivity index (χ3n) is 4.30. The molecule has 2 rings (SSSR count). The van der Waals surface area contributed by atoms with E-state index in [4.69, 9.17) is 5.73 Å². The summed E-state index contributed by atoms with van der Waals surface area (Å²) in [6, 6.07) is 2.83. The fourth-order valence-corrected chi connectivity index (χ4v) is 2.98. The second-order valence-electron chi connectivity index (χ2n) is 6.85. The minimum Gasteiger partial charge on any atom is -0.383 e. The second-order valence-corrected chi connectivity index (χ2v) is 6.85. The van der Waals surface area contributed by atoms with E-state index in [1.165, 1.54) is 18.6 Å². The van der Waals surface area contributed by atoms with Crippen LogP contribution < -0.4 is 10.6 Å². The first-order valence-corrected chi connectivity index (χ1v) is 7.44. The maximum Gasteiger partial charge on any atom is 0.276 e. The van der Waals surface area contributed by atoms with Gasteiger partial charge < -0.3 is 10.6 Å². The number of hydrogen-bond donors (Lipinski definition) is 1. The summed E-state index contributed by atoms with van der Waals surface area (Å²) >= 11 is 0. The molecule has 1 aromatic heterocycles. The molecule has 1 aliphatic heterocycles. The largest absolute Gasteiger partial charge is 0.383 e. The SMILES string of the molecule is CC(C)(C)C1CCCN(c2cc([N+](=O)[O-])cc(N)n2)CC1. The number of rotatable bonds is 2. The topological polar surface area (TPSA) is 85.3 Å². The molecule has 6 heteroatoms. The van der Waals surface area contributed by atoms with E-state index in [1.54, 1.807) is 0 Å². The van der Waals surface area contributed by atoms with E-state index in [-0.39, 0.29) is 11.5 Å². The van der Waals surface area contributed by atoms with Crippen LogP contribution in [0.25, 0.3) is 0 Å². The van der Waals surface area contributed by atoms with Crippen molar-refractivity contribution in [2.45, 2.75) is 40.0 Å². The molecule has 0 bridgehead atoms. The summed E-state index contributed by atoms with van der Waals surface area (Å²) in [6.07, 6.45) is 3.34. The molecule has 0 aliphatic carbocycles. The first-order valence-electron chi connectivity index (χ1n) is 7.44. The van der Waals surface area contributed by atoms with E-state index in [2.05, 4.69) is 30.7 Å². The van der Waals surface area contributed by atoms with Crippen molar-refractivity contribution < 1.29 is 4.92 Å². The fraction of sp³-hybridized carbons (Fsp3) is 0.667. The van der Waals surface area contributed by atoms with Crippen LogP contribution in [0.1, 0.15) is 40.0 Å². The van der Waals surface area contributed by atoms with Gasteiger partial charge in [-0.3, -0.25) is 10.1 Å². The molecule has 2 N–H and O–H groups in total. The van der Waals surface area contributed by atoms with Crippen molar-refractivity contribution in [1.82, 2.24) is 4.98 Å². The van der Waals surface area contributed by atoms with Gasteiger partial charge in [-0.2, -0.15) is 0 Å². The third kappa shape index (κ3) is 3.83. The summed E-state index contributed by atoms with van der Waals surface area (Å²) in [7, 11) is 0. The Labute approximate surface area is 125 Å². The molecular formula is C15H24N4O2. The second kappa shape index (κ2) is 5.87. The Bertz CT molecular complexity index is 525. The van der Waals surface area contributed by atoms with Crippen LogP contribution in [0, 0.1) is 21.4 Å². The van der Waals surface area contributed by atoms with E-state index in [0.29, 0.717) is 17.2 Å². The van der Waals surface area contributed by atoms with Crippen molar-refractivity contribution in [1.29, 1.82) is 0 Å². The normalized spacial score (nSPS) is 20.1. The highest BCUT2D eigenvalue weighted by atomic mass is 16.6. The zero-order valence-corrected chi connectivity index (χ0v) is 13.0. The quantitative estimate of drug-likeness (QED) is 0.668. The Hall–Kier alpha value is -1.85. The third-order valence-corrected chi connectivity index (χ3v) is 4.30. The van der Waals surface area contributed by atoms with Gasteiger partial charge in [0.25, 0.3) is 5.69 Å². The molecule has 1 saturated heterocycles. The number of hydrogen-bond acceptors (Lipinski definition) is 5. The van der Waals surface area contributed by atoms with Crippen LogP contribution in [0.15, 0.2) is 12.1 Å². The number of nitrogens with zero attached hydrogens (tertiary/aromatic N) is 3. The summed E-state index contributed by atoms with van der Waals surface area (Å²) in [5.41, 5.74) is 6.00. The zero-order chi connectivity index (χ0) is 15.6. The standard InChI is InChI=1S/C15H24N4O2/c1-15(2,3)11-5-4-7-18(8-6-11)14-10-12(19(20)21)9-13(16)17-14/h9-11H,4-8H2,1-3H3,(H2,16,17). The monoisotopic (exact) mass is 292 g/mol. The van der Waals surface area contributed by atoms with Gasteiger partial charge in [0.05, 0.1) is 17.1 Å². The maximum absolute atomic E-state index is 10.9. The van der Waals surface area contributed by atoms with Gasteiger partial charge in [-0.05, 0) is 30.6 Å². The predicted octanol–water partition coefficient (Wildman–Crippen LogP) is 3.22. The number of anilines is 2. The van der Waals surface area contributed by atoms with Gasteiger partial charge in [-0.15, -0.1) is 0 Å². The molecule has 1 aromatic rings. The van der Waals surface area contributed by atoms with Crippen LogP contribution in [0.2, 0.25) is 0 Å². The lowest BCUT2D eigenvalue weighted by Crippen LogP contribution is -2.27. The molecule has 1 unspecified atom stereocenters. The van der Waals surface area contributed by atoms with Gasteiger partial charge in [0.2, 0.25) is 0 Å². The van der Waals surface area contributed by atoms with Crippen LogP contribution in [0.4, 0.5) is 17.3 Å². The first-order chi connectivity index (χ1) is 9.77. The van der Waals surface area contributed by atoms with E-state index < -0.39 is 4.92 Å². The molecule has 1 aliphatic rings. The number of nitrogen functional groups attached to an aromatic ring is 1. The molecule has 116 valence electrons. The molecule has 1 fully saturated rings. The van der Waals surface area contributed by atoms with Crippen LogP contribution in [0.3, 0.4) is 0 Å². The van der Waals surface area contributed by atoms with E-state index >= 15 is 0 Å². The summed E-state index contributed by atoms with van der Waals surface area (Å²) in [6.45, 7) is 8.57. The van der Waals surface area contributed by atoms with Crippen molar-refractivity contribution in [2.75, 3.05) is 23.7 Å². The highest BCUT2D eigenvalue weighted by molar-refractivity contribution is 5.54. The lowest BCUT2D eigenvalue weighted by Gasteiger charge is -2.29. The lowest BCUT2D eigenvalue weighted by atomic mass is 9.77. The molecule has 21 heavy (non-hydrogen) atoms. The Kier molecular flexibility index (Phi) is 4.34. The smallest absolute Gasteiger partial charge is 0.276 e. The average molecular weight is 292 g/mol. The predicted molar refractivity (Wildman–Crippen MR) is 84.3 cm³/mol. The number of nitrogens with two attached hydrogens (primary N) is 1. The number of nitro groups is 1. The van der Waals surface area contributed by atoms with Gasteiger partial charge in [-0.1, -0.05) is 20.8 Å². The molecule has 2 heterocycles. The summed E-state index contributed by atoms with van der Waals surface area (Å²) in [4.78, 5) is 16.9. The summed E-state index contributed by atoms with van der Waals surface area (Å²) in [5.74, 6) is 1.49.